The van der Waals surface area contributed by atoms with E-state index >= 15 is 0 Å². The normalized spacial score (nSPS) is 15.2. The lowest BCUT2D eigenvalue weighted by Crippen LogP contribution is -2.48. The van der Waals surface area contributed by atoms with Crippen LogP contribution < -0.4 is 10.9 Å². The van der Waals surface area contributed by atoms with E-state index in [4.69, 9.17) is 0 Å². The highest BCUT2D eigenvalue weighted by molar-refractivity contribution is 8.00. The number of rotatable bonds is 6. The van der Waals surface area contributed by atoms with E-state index in [-0.39, 0.29) is 41.5 Å². The van der Waals surface area contributed by atoms with E-state index in [1.807, 2.05) is 37.3 Å². The van der Waals surface area contributed by atoms with Crippen molar-refractivity contribution in [2.75, 3.05) is 18.8 Å². The number of carbonyl (C=O) groups excluding carboxylic acids is 2. The first-order valence-corrected chi connectivity index (χ1v) is 13.4. The Morgan fingerprint density at radius 3 is 2.47 bits per heavy atom. The molecule has 10 heteroatoms. The number of fused-ring (bicyclic) bond motifs is 1. The smallest absolute Gasteiger partial charge is 0.248 e. The second-order valence-electron chi connectivity index (χ2n) is 8.15. The van der Waals surface area contributed by atoms with E-state index in [0.29, 0.717) is 12.8 Å². The van der Waals surface area contributed by atoms with E-state index in [9.17, 15) is 18.0 Å². The standard InChI is InChI=1S/C24H26N4O4S2/c1-17-7-9-20(10-8-17)34(31,32)28-14-11-19(12-15-28)24(30)27-26-22(29)16-33-21-6-2-4-18-5-3-13-25-23(18)21/h2-10,13,19H,11-12,14-16H2,1H3,(H,26,29)(H,27,30). The van der Waals surface area contributed by atoms with Gasteiger partial charge < -0.3 is 0 Å². The van der Waals surface area contributed by atoms with Crippen molar-refractivity contribution in [3.8, 4) is 0 Å². The number of nitrogens with one attached hydrogen (secondary N) is 2. The van der Waals surface area contributed by atoms with Gasteiger partial charge in [-0.25, -0.2) is 8.42 Å². The second kappa shape index (κ2) is 10.5. The van der Waals surface area contributed by atoms with Gasteiger partial charge >= 0.3 is 0 Å². The number of pyridine rings is 1. The molecule has 1 fully saturated rings. The highest BCUT2D eigenvalue weighted by Crippen LogP contribution is 2.26. The Balaban J connectivity index is 1.24. The molecule has 0 saturated carbocycles. The van der Waals surface area contributed by atoms with Crippen molar-refractivity contribution in [2.45, 2.75) is 29.6 Å². The maximum atomic E-state index is 12.8. The molecule has 0 bridgehead atoms. The first kappa shape index (κ1) is 24.2. The summed E-state index contributed by atoms with van der Waals surface area (Å²) in [5.41, 5.74) is 6.76. The van der Waals surface area contributed by atoms with E-state index in [1.54, 1.807) is 30.5 Å². The van der Waals surface area contributed by atoms with Crippen LogP contribution in [0.15, 0.2) is 70.6 Å². The van der Waals surface area contributed by atoms with Crippen LogP contribution in [-0.4, -0.2) is 48.4 Å². The summed E-state index contributed by atoms with van der Waals surface area (Å²) in [7, 11) is -3.58. The summed E-state index contributed by atoms with van der Waals surface area (Å²) in [4.78, 5) is 30.3. The minimum atomic E-state index is -3.58. The van der Waals surface area contributed by atoms with Gasteiger partial charge in [-0.2, -0.15) is 4.31 Å². The van der Waals surface area contributed by atoms with Gasteiger partial charge in [-0.15, -0.1) is 11.8 Å². The fourth-order valence-corrected chi connectivity index (χ4v) is 6.13. The lowest BCUT2D eigenvalue weighted by molar-refractivity contribution is -0.131. The summed E-state index contributed by atoms with van der Waals surface area (Å²) in [5.74, 6) is -0.869. The molecule has 178 valence electrons. The molecule has 1 aliphatic rings. The zero-order valence-corrected chi connectivity index (χ0v) is 20.4. The molecule has 0 atom stereocenters. The van der Waals surface area contributed by atoms with E-state index in [0.717, 1.165) is 21.4 Å². The van der Waals surface area contributed by atoms with Gasteiger partial charge in [0.05, 0.1) is 16.2 Å². The van der Waals surface area contributed by atoms with Crippen LogP contribution in [0.2, 0.25) is 0 Å². The molecular weight excluding hydrogens is 472 g/mol. The number of piperidine rings is 1. The van der Waals surface area contributed by atoms with Gasteiger partial charge in [-0.05, 0) is 44.0 Å². The molecule has 1 saturated heterocycles. The van der Waals surface area contributed by atoms with E-state index in [1.165, 1.54) is 16.1 Å². The predicted octanol–water partition coefficient (Wildman–Crippen LogP) is 2.88. The van der Waals surface area contributed by atoms with Crippen molar-refractivity contribution >= 4 is 44.5 Å². The first-order chi connectivity index (χ1) is 16.3. The number of aryl methyl sites for hydroxylation is 1. The third-order valence-corrected chi connectivity index (χ3v) is 8.72. The average molecular weight is 499 g/mol. The lowest BCUT2D eigenvalue weighted by atomic mass is 9.98. The number of hydrazine groups is 1. The number of aromatic nitrogens is 1. The molecule has 34 heavy (non-hydrogen) atoms. The molecule has 3 aromatic rings. The molecule has 4 rings (SSSR count). The number of sulfonamides is 1. The van der Waals surface area contributed by atoms with Gasteiger partial charge in [-0.3, -0.25) is 25.4 Å². The molecule has 2 amide bonds. The quantitative estimate of drug-likeness (QED) is 0.400. The Bertz CT molecular complexity index is 1280. The van der Waals surface area contributed by atoms with Crippen LogP contribution in [0, 0.1) is 12.8 Å². The molecule has 2 aromatic carbocycles. The average Bonchev–Trinajstić information content (AvgIpc) is 2.86. The molecule has 2 N–H and O–H groups in total. The maximum absolute atomic E-state index is 12.8. The predicted molar refractivity (Wildman–Crippen MR) is 131 cm³/mol. The fraction of sp³-hybridized carbons (Fsp3) is 0.292. The zero-order chi connectivity index (χ0) is 24.1. The topological polar surface area (TPSA) is 108 Å². The molecule has 8 nitrogen and oxygen atoms in total. The molecule has 0 radical (unpaired) electrons. The number of hydrogen-bond donors (Lipinski definition) is 2. The number of benzene rings is 2. The maximum Gasteiger partial charge on any atom is 0.248 e. The van der Waals surface area contributed by atoms with Crippen LogP contribution >= 0.6 is 11.8 Å². The molecular formula is C24H26N4O4S2. The Labute approximate surface area is 203 Å². The van der Waals surface area contributed by atoms with Crippen molar-refractivity contribution in [3.63, 3.8) is 0 Å². The highest BCUT2D eigenvalue weighted by atomic mass is 32.2. The third kappa shape index (κ3) is 5.57. The Morgan fingerprint density at radius 2 is 1.74 bits per heavy atom. The van der Waals surface area contributed by atoms with Crippen LogP contribution in [0.1, 0.15) is 18.4 Å². The Hall–Kier alpha value is -2.95. The molecule has 2 heterocycles. The summed E-state index contributed by atoms with van der Waals surface area (Å²) >= 11 is 1.35. The number of hydrogen-bond acceptors (Lipinski definition) is 6. The number of thioether (sulfide) groups is 1. The summed E-state index contributed by atoms with van der Waals surface area (Å²) in [6.07, 6.45) is 2.50. The van der Waals surface area contributed by atoms with Gasteiger partial charge in [0, 0.05) is 35.5 Å². The SMILES string of the molecule is Cc1ccc(S(=O)(=O)N2CCC(C(=O)NNC(=O)CSc3cccc4cccnc34)CC2)cc1. The largest absolute Gasteiger partial charge is 0.273 e. The fourth-order valence-electron chi connectivity index (χ4n) is 3.82. The molecule has 1 aromatic heterocycles. The number of carbonyl (C=O) groups is 2. The number of amides is 2. The van der Waals surface area contributed by atoms with Crippen LogP contribution in [0.5, 0.6) is 0 Å². The summed E-state index contributed by atoms with van der Waals surface area (Å²) in [5, 5.41) is 0.997. The van der Waals surface area contributed by atoms with E-state index < -0.39 is 10.0 Å². The Kier molecular flexibility index (Phi) is 7.50. The van der Waals surface area contributed by atoms with Gasteiger partial charge in [0.2, 0.25) is 21.8 Å². The highest BCUT2D eigenvalue weighted by Gasteiger charge is 2.32. The van der Waals surface area contributed by atoms with Gasteiger partial charge in [0.1, 0.15) is 0 Å². The molecule has 0 unspecified atom stereocenters. The van der Waals surface area contributed by atoms with Gasteiger partial charge in [-0.1, -0.05) is 35.9 Å². The van der Waals surface area contributed by atoms with Crippen molar-refractivity contribution in [1.29, 1.82) is 0 Å². The summed E-state index contributed by atoms with van der Waals surface area (Å²) in [6.45, 7) is 2.41. The van der Waals surface area contributed by atoms with Crippen molar-refractivity contribution < 1.29 is 18.0 Å². The monoisotopic (exact) mass is 498 g/mol. The number of nitrogens with zero attached hydrogens (tertiary/aromatic N) is 2. The minimum absolute atomic E-state index is 0.128. The zero-order valence-electron chi connectivity index (χ0n) is 18.7. The van der Waals surface area contributed by atoms with E-state index in [2.05, 4.69) is 15.8 Å². The van der Waals surface area contributed by atoms with Crippen molar-refractivity contribution in [1.82, 2.24) is 20.1 Å². The van der Waals surface area contributed by atoms with Crippen molar-refractivity contribution in [2.24, 2.45) is 5.92 Å². The van der Waals surface area contributed by atoms with Crippen LogP contribution in [0.4, 0.5) is 0 Å². The summed E-state index contributed by atoms with van der Waals surface area (Å²) < 4.78 is 27.1. The number of para-hydroxylation sites is 1. The molecule has 1 aliphatic heterocycles. The molecule has 0 spiro atoms. The van der Waals surface area contributed by atoms with Crippen LogP contribution in [0.25, 0.3) is 10.9 Å². The van der Waals surface area contributed by atoms with Gasteiger partial charge in [0.25, 0.3) is 0 Å². The van der Waals surface area contributed by atoms with Crippen molar-refractivity contribution in [3.05, 3.63) is 66.4 Å². The second-order valence-corrected chi connectivity index (χ2v) is 11.1. The lowest BCUT2D eigenvalue weighted by Gasteiger charge is -2.30. The Morgan fingerprint density at radius 1 is 1.03 bits per heavy atom. The molecule has 0 aliphatic carbocycles. The third-order valence-electron chi connectivity index (χ3n) is 5.76. The minimum Gasteiger partial charge on any atom is -0.273 e. The van der Waals surface area contributed by atoms with Crippen LogP contribution in [0.3, 0.4) is 0 Å². The summed E-state index contributed by atoms with van der Waals surface area (Å²) in [6, 6.07) is 16.4. The van der Waals surface area contributed by atoms with Crippen LogP contribution in [-0.2, 0) is 19.6 Å². The first-order valence-electron chi connectivity index (χ1n) is 11.0. The van der Waals surface area contributed by atoms with Gasteiger partial charge in [0.15, 0.2) is 0 Å².